The third-order valence-corrected chi connectivity index (χ3v) is 5.41. The fourth-order valence-corrected chi connectivity index (χ4v) is 3.68. The number of ether oxygens (including phenoxy) is 1. The van der Waals surface area contributed by atoms with Gasteiger partial charge in [0.2, 0.25) is 0 Å². The van der Waals surface area contributed by atoms with Crippen molar-refractivity contribution in [3.8, 4) is 5.75 Å². The molecule has 3 aromatic rings. The smallest absolute Gasteiger partial charge is 0.289 e. The first-order valence-electron chi connectivity index (χ1n) is 10.8. The third kappa shape index (κ3) is 5.49. The average molecular weight is 433 g/mol. The standard InChI is InChI=1S/C25H28N4O3/c1-26-25(29-14-12-28(13-15-29)24(30)23-11-6-16-31-23)27-18-21-9-5-10-22(17-21)32-19-20-7-3-2-4-8-20/h2-11,16-17H,12-15,18-19H2,1H3,(H,26,27). The molecule has 0 atom stereocenters. The first-order valence-corrected chi connectivity index (χ1v) is 10.8. The maximum absolute atomic E-state index is 12.4. The zero-order valence-electron chi connectivity index (χ0n) is 18.2. The van der Waals surface area contributed by atoms with E-state index in [1.165, 1.54) is 6.26 Å². The molecule has 7 nitrogen and oxygen atoms in total. The molecule has 0 radical (unpaired) electrons. The number of amides is 1. The topological polar surface area (TPSA) is 70.3 Å². The largest absolute Gasteiger partial charge is 0.489 e. The molecule has 1 N–H and O–H groups in total. The Hall–Kier alpha value is -3.74. The second-order valence-corrected chi connectivity index (χ2v) is 7.58. The molecule has 32 heavy (non-hydrogen) atoms. The van der Waals surface area contributed by atoms with Crippen molar-refractivity contribution in [2.75, 3.05) is 33.2 Å². The second-order valence-electron chi connectivity index (χ2n) is 7.58. The minimum Gasteiger partial charge on any atom is -0.489 e. The van der Waals surface area contributed by atoms with E-state index in [-0.39, 0.29) is 5.91 Å². The number of rotatable bonds is 6. The van der Waals surface area contributed by atoms with E-state index in [1.54, 1.807) is 19.2 Å². The highest BCUT2D eigenvalue weighted by molar-refractivity contribution is 5.91. The summed E-state index contributed by atoms with van der Waals surface area (Å²) < 4.78 is 11.2. The number of carbonyl (C=O) groups excluding carboxylic acids is 1. The number of carbonyl (C=O) groups is 1. The van der Waals surface area contributed by atoms with E-state index in [0.29, 0.717) is 45.1 Å². The van der Waals surface area contributed by atoms with E-state index < -0.39 is 0 Å². The van der Waals surface area contributed by atoms with Crippen LogP contribution in [0.2, 0.25) is 0 Å². The molecule has 0 spiro atoms. The first kappa shape index (κ1) is 21.5. The lowest BCUT2D eigenvalue weighted by atomic mass is 10.2. The van der Waals surface area contributed by atoms with Gasteiger partial charge in [-0.05, 0) is 35.4 Å². The molecule has 166 valence electrons. The molecule has 1 aliphatic rings. The van der Waals surface area contributed by atoms with Gasteiger partial charge in [0.15, 0.2) is 11.7 Å². The van der Waals surface area contributed by atoms with Crippen LogP contribution in [0.4, 0.5) is 0 Å². The van der Waals surface area contributed by atoms with Crippen LogP contribution in [0.25, 0.3) is 0 Å². The van der Waals surface area contributed by atoms with Crippen LogP contribution in [0.1, 0.15) is 21.7 Å². The van der Waals surface area contributed by atoms with Gasteiger partial charge in [0.05, 0.1) is 6.26 Å². The maximum Gasteiger partial charge on any atom is 0.289 e. The summed E-state index contributed by atoms with van der Waals surface area (Å²) in [4.78, 5) is 20.9. The number of hydrogen-bond acceptors (Lipinski definition) is 4. The molecule has 1 fully saturated rings. The van der Waals surface area contributed by atoms with Gasteiger partial charge < -0.3 is 24.3 Å². The number of piperazine rings is 1. The molecule has 1 aromatic heterocycles. The third-order valence-electron chi connectivity index (χ3n) is 5.41. The lowest BCUT2D eigenvalue weighted by Crippen LogP contribution is -2.53. The zero-order valence-corrected chi connectivity index (χ0v) is 18.2. The van der Waals surface area contributed by atoms with Crippen molar-refractivity contribution in [1.29, 1.82) is 0 Å². The monoisotopic (exact) mass is 432 g/mol. The summed E-state index contributed by atoms with van der Waals surface area (Å²) in [6.45, 7) is 3.87. The van der Waals surface area contributed by atoms with Gasteiger partial charge in [-0.15, -0.1) is 0 Å². The molecule has 0 unspecified atom stereocenters. The van der Waals surface area contributed by atoms with Crippen LogP contribution < -0.4 is 10.1 Å². The second kappa shape index (κ2) is 10.5. The molecule has 1 aliphatic heterocycles. The summed E-state index contributed by atoms with van der Waals surface area (Å²) in [5, 5.41) is 3.43. The Balaban J connectivity index is 1.27. The van der Waals surface area contributed by atoms with Gasteiger partial charge in [0, 0.05) is 39.8 Å². The number of nitrogens with zero attached hydrogens (tertiary/aromatic N) is 3. The molecule has 2 heterocycles. The van der Waals surface area contributed by atoms with E-state index in [4.69, 9.17) is 9.15 Å². The van der Waals surface area contributed by atoms with E-state index in [1.807, 2.05) is 41.3 Å². The summed E-state index contributed by atoms with van der Waals surface area (Å²) in [6, 6.07) is 21.6. The predicted molar refractivity (Wildman–Crippen MR) is 124 cm³/mol. The van der Waals surface area contributed by atoms with Crippen LogP contribution in [0.15, 0.2) is 82.4 Å². The van der Waals surface area contributed by atoms with Crippen molar-refractivity contribution < 1.29 is 13.9 Å². The SMILES string of the molecule is CN=C(NCc1cccc(OCc2ccccc2)c1)N1CCN(C(=O)c2ccco2)CC1. The highest BCUT2D eigenvalue weighted by Gasteiger charge is 2.25. The number of guanidine groups is 1. The van der Waals surface area contributed by atoms with Crippen molar-refractivity contribution in [3.63, 3.8) is 0 Å². The fourth-order valence-electron chi connectivity index (χ4n) is 3.68. The van der Waals surface area contributed by atoms with E-state index in [2.05, 4.69) is 33.4 Å². The highest BCUT2D eigenvalue weighted by Crippen LogP contribution is 2.16. The number of aliphatic imine (C=N–C) groups is 1. The number of furan rings is 1. The summed E-state index contributed by atoms with van der Waals surface area (Å²) in [6.07, 6.45) is 1.52. The van der Waals surface area contributed by atoms with Crippen LogP contribution in [0.5, 0.6) is 5.75 Å². The van der Waals surface area contributed by atoms with Gasteiger partial charge in [-0.25, -0.2) is 0 Å². The van der Waals surface area contributed by atoms with Crippen LogP contribution in [-0.2, 0) is 13.2 Å². The molecule has 1 saturated heterocycles. The van der Waals surface area contributed by atoms with Crippen molar-refractivity contribution in [3.05, 3.63) is 89.9 Å². The fraction of sp³-hybridized carbons (Fsp3) is 0.280. The molecule has 0 bridgehead atoms. The highest BCUT2D eigenvalue weighted by atomic mass is 16.5. The molecular formula is C25H28N4O3. The lowest BCUT2D eigenvalue weighted by molar-refractivity contribution is 0.0657. The van der Waals surface area contributed by atoms with Crippen molar-refractivity contribution in [2.45, 2.75) is 13.2 Å². The van der Waals surface area contributed by atoms with Crippen molar-refractivity contribution in [1.82, 2.24) is 15.1 Å². The molecule has 0 aliphatic carbocycles. The van der Waals surface area contributed by atoms with Gasteiger partial charge in [-0.3, -0.25) is 9.79 Å². The number of benzene rings is 2. The Labute approximate surface area is 188 Å². The molecule has 2 aromatic carbocycles. The summed E-state index contributed by atoms with van der Waals surface area (Å²) >= 11 is 0. The molecule has 4 rings (SSSR count). The van der Waals surface area contributed by atoms with Gasteiger partial charge >= 0.3 is 0 Å². The van der Waals surface area contributed by atoms with Crippen LogP contribution in [0, 0.1) is 0 Å². The summed E-state index contributed by atoms with van der Waals surface area (Å²) in [7, 11) is 1.78. The minimum absolute atomic E-state index is 0.0649. The van der Waals surface area contributed by atoms with E-state index in [0.717, 1.165) is 22.8 Å². The Morgan fingerprint density at radius 1 is 0.969 bits per heavy atom. The van der Waals surface area contributed by atoms with Crippen molar-refractivity contribution >= 4 is 11.9 Å². The summed E-state index contributed by atoms with van der Waals surface area (Å²) in [5.41, 5.74) is 2.25. The Bertz CT molecular complexity index is 1030. The lowest BCUT2D eigenvalue weighted by Gasteiger charge is -2.36. The quantitative estimate of drug-likeness (QED) is 0.478. The normalized spacial score (nSPS) is 14.3. The van der Waals surface area contributed by atoms with Gasteiger partial charge in [0.25, 0.3) is 5.91 Å². The minimum atomic E-state index is -0.0649. The Morgan fingerprint density at radius 3 is 2.44 bits per heavy atom. The van der Waals surface area contributed by atoms with Gasteiger partial charge in [-0.1, -0.05) is 42.5 Å². The zero-order chi connectivity index (χ0) is 22.2. The maximum atomic E-state index is 12.4. The molecule has 1 amide bonds. The first-order chi connectivity index (χ1) is 15.7. The summed E-state index contributed by atoms with van der Waals surface area (Å²) in [5.74, 6) is 1.99. The number of nitrogens with one attached hydrogen (secondary N) is 1. The van der Waals surface area contributed by atoms with Gasteiger partial charge in [-0.2, -0.15) is 0 Å². The molecule has 7 heteroatoms. The van der Waals surface area contributed by atoms with Crippen LogP contribution >= 0.6 is 0 Å². The van der Waals surface area contributed by atoms with E-state index in [9.17, 15) is 4.79 Å². The predicted octanol–water partition coefficient (Wildman–Crippen LogP) is 3.39. The average Bonchev–Trinajstić information content (AvgIpc) is 3.39. The number of hydrogen-bond donors (Lipinski definition) is 1. The molecular weight excluding hydrogens is 404 g/mol. The Morgan fingerprint density at radius 2 is 1.72 bits per heavy atom. The van der Waals surface area contributed by atoms with Crippen LogP contribution in [-0.4, -0.2) is 54.9 Å². The van der Waals surface area contributed by atoms with Crippen LogP contribution in [0.3, 0.4) is 0 Å². The van der Waals surface area contributed by atoms with Gasteiger partial charge in [0.1, 0.15) is 12.4 Å². The van der Waals surface area contributed by atoms with E-state index >= 15 is 0 Å². The van der Waals surface area contributed by atoms with Crippen molar-refractivity contribution in [2.24, 2.45) is 4.99 Å². The Kier molecular flexibility index (Phi) is 7.07. The molecule has 0 saturated carbocycles.